The molecule has 0 amide bonds. The molecule has 0 aliphatic heterocycles. The molecule has 0 nitrogen and oxygen atoms in total. The molecule has 68 valence electrons. The second-order valence-electron chi connectivity index (χ2n) is 5.58. The van der Waals surface area contributed by atoms with Crippen LogP contribution in [-0.4, -0.2) is 8.07 Å². The standard InChI is InChI=1S/C10H24Si/c1-7-10(2,3)8-9-11(4,5)6/h7-9H2,1-6H3. The summed E-state index contributed by atoms with van der Waals surface area (Å²) in [6.07, 6.45) is 2.73. The van der Waals surface area contributed by atoms with E-state index >= 15 is 0 Å². The fourth-order valence-corrected chi connectivity index (χ4v) is 2.32. The van der Waals surface area contributed by atoms with E-state index in [-0.39, 0.29) is 0 Å². The minimum atomic E-state index is -0.783. The highest BCUT2D eigenvalue weighted by molar-refractivity contribution is 6.76. The van der Waals surface area contributed by atoms with E-state index < -0.39 is 8.07 Å². The first-order chi connectivity index (χ1) is 4.77. The van der Waals surface area contributed by atoms with Crippen LogP contribution < -0.4 is 0 Å². The SMILES string of the molecule is CCC(C)(C)CC[Si](C)(C)C. The van der Waals surface area contributed by atoms with Crippen LogP contribution in [0.1, 0.15) is 33.6 Å². The van der Waals surface area contributed by atoms with Gasteiger partial charge in [-0.3, -0.25) is 0 Å². The van der Waals surface area contributed by atoms with Crippen molar-refractivity contribution < 1.29 is 0 Å². The highest BCUT2D eigenvalue weighted by atomic mass is 28.3. The molecule has 1 heteroatoms. The van der Waals surface area contributed by atoms with E-state index in [1.54, 1.807) is 0 Å². The first-order valence-corrected chi connectivity index (χ1v) is 8.47. The molecule has 0 aromatic heterocycles. The van der Waals surface area contributed by atoms with E-state index in [1.807, 2.05) is 0 Å². The average Bonchev–Trinajstić information content (AvgIpc) is 1.83. The molecule has 0 unspecified atom stereocenters. The summed E-state index contributed by atoms with van der Waals surface area (Å²) in [6, 6.07) is 1.48. The molecule has 0 saturated heterocycles. The van der Waals surface area contributed by atoms with Gasteiger partial charge in [-0.05, 0) is 5.41 Å². The van der Waals surface area contributed by atoms with E-state index in [2.05, 4.69) is 40.4 Å². The minimum Gasteiger partial charge on any atom is -0.0695 e. The lowest BCUT2D eigenvalue weighted by Gasteiger charge is -2.26. The zero-order chi connectivity index (χ0) is 9.12. The van der Waals surface area contributed by atoms with Crippen LogP contribution in [0.15, 0.2) is 0 Å². The fraction of sp³-hybridized carbons (Fsp3) is 1.00. The molecule has 0 aromatic carbocycles. The normalized spacial score (nSPS) is 13.6. The second-order valence-corrected chi connectivity index (χ2v) is 11.2. The number of rotatable bonds is 4. The summed E-state index contributed by atoms with van der Waals surface area (Å²) in [5.41, 5.74) is 0.584. The monoisotopic (exact) mass is 172 g/mol. The molecule has 0 heterocycles. The Bertz CT molecular complexity index is 109. The largest absolute Gasteiger partial charge is 0.0695 e. The lowest BCUT2D eigenvalue weighted by atomic mass is 9.87. The Morgan fingerprint density at radius 2 is 1.55 bits per heavy atom. The van der Waals surface area contributed by atoms with Crippen LogP contribution in [-0.2, 0) is 0 Å². The van der Waals surface area contributed by atoms with Crippen molar-refractivity contribution in [1.29, 1.82) is 0 Å². The summed E-state index contributed by atoms with van der Waals surface area (Å²) >= 11 is 0. The molecule has 0 N–H and O–H groups in total. The van der Waals surface area contributed by atoms with Crippen molar-refractivity contribution in [2.75, 3.05) is 0 Å². The van der Waals surface area contributed by atoms with Gasteiger partial charge in [0.05, 0.1) is 0 Å². The van der Waals surface area contributed by atoms with Gasteiger partial charge < -0.3 is 0 Å². The molecule has 11 heavy (non-hydrogen) atoms. The van der Waals surface area contributed by atoms with Gasteiger partial charge in [0.15, 0.2) is 0 Å². The zero-order valence-electron chi connectivity index (χ0n) is 9.12. The Kier molecular flexibility index (Phi) is 3.82. The van der Waals surface area contributed by atoms with Crippen LogP contribution >= 0.6 is 0 Å². The van der Waals surface area contributed by atoms with E-state index in [1.165, 1.54) is 18.9 Å². The summed E-state index contributed by atoms with van der Waals surface area (Å²) in [4.78, 5) is 0. The van der Waals surface area contributed by atoms with Crippen LogP contribution in [0, 0.1) is 5.41 Å². The molecule has 0 spiro atoms. The quantitative estimate of drug-likeness (QED) is 0.559. The second kappa shape index (κ2) is 3.75. The molecule has 0 fully saturated rings. The summed E-state index contributed by atoms with van der Waals surface area (Å²) < 4.78 is 0. The minimum absolute atomic E-state index is 0.584. The van der Waals surface area contributed by atoms with Crippen LogP contribution in [0.5, 0.6) is 0 Å². The van der Waals surface area contributed by atoms with E-state index in [0.29, 0.717) is 5.41 Å². The predicted octanol–water partition coefficient (Wildman–Crippen LogP) is 4.15. The van der Waals surface area contributed by atoms with E-state index in [9.17, 15) is 0 Å². The summed E-state index contributed by atoms with van der Waals surface area (Å²) in [5, 5.41) is 0. The van der Waals surface area contributed by atoms with Crippen LogP contribution in [0.4, 0.5) is 0 Å². The van der Waals surface area contributed by atoms with Crippen LogP contribution in [0.2, 0.25) is 25.7 Å². The topological polar surface area (TPSA) is 0 Å². The first kappa shape index (κ1) is 11.2. The van der Waals surface area contributed by atoms with Crippen LogP contribution in [0.3, 0.4) is 0 Å². The van der Waals surface area contributed by atoms with Crippen molar-refractivity contribution in [3.8, 4) is 0 Å². The Hall–Kier alpha value is 0.217. The van der Waals surface area contributed by atoms with Crippen LogP contribution in [0.25, 0.3) is 0 Å². The third kappa shape index (κ3) is 6.61. The van der Waals surface area contributed by atoms with Crippen molar-refractivity contribution in [2.45, 2.75) is 59.3 Å². The molecule has 0 aromatic rings. The average molecular weight is 172 g/mol. The first-order valence-electron chi connectivity index (χ1n) is 4.77. The molecule has 0 bridgehead atoms. The zero-order valence-corrected chi connectivity index (χ0v) is 10.1. The van der Waals surface area contributed by atoms with Gasteiger partial charge in [-0.2, -0.15) is 0 Å². The third-order valence-electron chi connectivity index (χ3n) is 2.51. The fourth-order valence-electron chi connectivity index (χ4n) is 0.890. The van der Waals surface area contributed by atoms with Gasteiger partial charge in [0, 0.05) is 8.07 Å². The maximum absolute atomic E-state index is 2.46. The van der Waals surface area contributed by atoms with Crippen molar-refractivity contribution in [1.82, 2.24) is 0 Å². The Morgan fingerprint density at radius 3 is 1.82 bits per heavy atom. The lowest BCUT2D eigenvalue weighted by molar-refractivity contribution is 0.336. The summed E-state index contributed by atoms with van der Waals surface area (Å²) in [5.74, 6) is 0. The van der Waals surface area contributed by atoms with Gasteiger partial charge in [-0.15, -0.1) is 0 Å². The number of hydrogen-bond donors (Lipinski definition) is 0. The number of hydrogen-bond acceptors (Lipinski definition) is 0. The Morgan fingerprint density at radius 1 is 1.09 bits per heavy atom. The van der Waals surface area contributed by atoms with Crippen molar-refractivity contribution in [3.05, 3.63) is 0 Å². The Balaban J connectivity index is 3.70. The van der Waals surface area contributed by atoms with Gasteiger partial charge in [0.2, 0.25) is 0 Å². The maximum atomic E-state index is 2.46. The highest BCUT2D eigenvalue weighted by Gasteiger charge is 2.20. The third-order valence-corrected chi connectivity index (χ3v) is 4.26. The highest BCUT2D eigenvalue weighted by Crippen LogP contribution is 2.29. The van der Waals surface area contributed by atoms with Crippen molar-refractivity contribution >= 4 is 8.07 Å². The lowest BCUT2D eigenvalue weighted by Crippen LogP contribution is -2.23. The Labute approximate surface area is 73.4 Å². The summed E-state index contributed by atoms with van der Waals surface area (Å²) in [6.45, 7) is 14.4. The van der Waals surface area contributed by atoms with Crippen molar-refractivity contribution in [2.24, 2.45) is 5.41 Å². The van der Waals surface area contributed by atoms with E-state index in [0.717, 1.165) is 0 Å². The molecule has 0 radical (unpaired) electrons. The molecule has 0 aliphatic carbocycles. The van der Waals surface area contributed by atoms with Crippen molar-refractivity contribution in [3.63, 3.8) is 0 Å². The molecular formula is C10H24Si. The smallest absolute Gasteiger partial charge is 0.0442 e. The van der Waals surface area contributed by atoms with Gasteiger partial charge in [0.1, 0.15) is 0 Å². The van der Waals surface area contributed by atoms with Gasteiger partial charge in [0.25, 0.3) is 0 Å². The van der Waals surface area contributed by atoms with Gasteiger partial charge >= 0.3 is 0 Å². The molecular weight excluding hydrogens is 148 g/mol. The van der Waals surface area contributed by atoms with Gasteiger partial charge in [-0.25, -0.2) is 0 Å². The molecule has 0 rings (SSSR count). The molecule has 0 aliphatic rings. The molecule has 0 saturated carbocycles. The predicted molar refractivity (Wildman–Crippen MR) is 56.8 cm³/mol. The molecule has 0 atom stereocenters. The summed E-state index contributed by atoms with van der Waals surface area (Å²) in [7, 11) is -0.783. The maximum Gasteiger partial charge on any atom is 0.0442 e. The van der Waals surface area contributed by atoms with Gasteiger partial charge in [-0.1, -0.05) is 59.3 Å². The van der Waals surface area contributed by atoms with E-state index in [4.69, 9.17) is 0 Å².